The zero-order valence-corrected chi connectivity index (χ0v) is 7.85. The molecule has 0 aliphatic carbocycles. The van der Waals surface area contributed by atoms with E-state index in [1.54, 1.807) is 0 Å². The Balaban J connectivity index is 2.14. The molecular weight excluding hydrogens is 153 g/mol. The van der Waals surface area contributed by atoms with Crippen molar-refractivity contribution in [2.24, 2.45) is 0 Å². The summed E-state index contributed by atoms with van der Waals surface area (Å²) in [4.78, 5) is 2.44. The normalized spacial score (nSPS) is 42.0. The number of alkyl halides is 1. The number of fused-ring (bicyclic) bond motifs is 1. The SMILES string of the molecule is CC[C@@]12CCCN1[C@H](CF)CC2. The van der Waals surface area contributed by atoms with Crippen molar-refractivity contribution in [2.45, 2.75) is 50.6 Å². The van der Waals surface area contributed by atoms with Crippen LogP contribution in [0.1, 0.15) is 39.0 Å². The fraction of sp³-hybridized carbons (Fsp3) is 1.00. The number of hydrogen-bond donors (Lipinski definition) is 0. The molecule has 0 aromatic rings. The largest absolute Gasteiger partial charge is 0.292 e. The van der Waals surface area contributed by atoms with E-state index in [2.05, 4.69) is 11.8 Å². The molecule has 0 aromatic heterocycles. The van der Waals surface area contributed by atoms with E-state index in [1.807, 2.05) is 0 Å². The van der Waals surface area contributed by atoms with E-state index in [9.17, 15) is 4.39 Å². The summed E-state index contributed by atoms with van der Waals surface area (Å²) in [5.41, 5.74) is 0.413. The van der Waals surface area contributed by atoms with Crippen molar-refractivity contribution in [1.82, 2.24) is 4.90 Å². The van der Waals surface area contributed by atoms with Crippen LogP contribution in [-0.4, -0.2) is 29.7 Å². The Morgan fingerprint density at radius 3 is 3.00 bits per heavy atom. The summed E-state index contributed by atoms with van der Waals surface area (Å²) in [5.74, 6) is 0. The lowest BCUT2D eigenvalue weighted by Gasteiger charge is -2.33. The van der Waals surface area contributed by atoms with Crippen molar-refractivity contribution in [2.75, 3.05) is 13.2 Å². The lowest BCUT2D eigenvalue weighted by Crippen LogP contribution is -2.42. The van der Waals surface area contributed by atoms with Crippen LogP contribution in [-0.2, 0) is 0 Å². The van der Waals surface area contributed by atoms with E-state index in [4.69, 9.17) is 0 Å². The van der Waals surface area contributed by atoms with Gasteiger partial charge in [0.05, 0.1) is 0 Å². The summed E-state index contributed by atoms with van der Waals surface area (Å²) < 4.78 is 12.6. The van der Waals surface area contributed by atoms with Crippen molar-refractivity contribution >= 4 is 0 Å². The summed E-state index contributed by atoms with van der Waals surface area (Å²) in [6, 6.07) is 0.257. The number of hydrogen-bond acceptors (Lipinski definition) is 1. The van der Waals surface area contributed by atoms with E-state index >= 15 is 0 Å². The third-order valence-electron chi connectivity index (χ3n) is 3.87. The van der Waals surface area contributed by atoms with Gasteiger partial charge in [-0.2, -0.15) is 0 Å². The minimum absolute atomic E-state index is 0.137. The van der Waals surface area contributed by atoms with Crippen LogP contribution in [0, 0.1) is 0 Å². The number of rotatable bonds is 2. The molecule has 0 spiro atoms. The first kappa shape index (κ1) is 8.49. The second kappa shape index (κ2) is 2.99. The Hall–Kier alpha value is -0.110. The van der Waals surface area contributed by atoms with Crippen LogP contribution in [0.3, 0.4) is 0 Å². The molecule has 2 aliphatic rings. The molecule has 1 nitrogen and oxygen atoms in total. The monoisotopic (exact) mass is 171 g/mol. The average molecular weight is 171 g/mol. The summed E-state index contributed by atoms with van der Waals surface area (Å²) in [5, 5.41) is 0. The van der Waals surface area contributed by atoms with Crippen LogP contribution in [0.4, 0.5) is 4.39 Å². The van der Waals surface area contributed by atoms with Crippen LogP contribution in [0.25, 0.3) is 0 Å². The maximum absolute atomic E-state index is 12.6. The molecule has 0 aromatic carbocycles. The van der Waals surface area contributed by atoms with E-state index < -0.39 is 0 Å². The third kappa shape index (κ3) is 1.00. The molecule has 2 heterocycles. The standard InChI is InChI=1S/C10H18FN/c1-2-10-5-3-7-12(10)9(8-11)4-6-10/h9H,2-8H2,1H3/t9-,10-/m0/s1. The quantitative estimate of drug-likeness (QED) is 0.616. The van der Waals surface area contributed by atoms with Gasteiger partial charge in [-0.15, -0.1) is 0 Å². The minimum Gasteiger partial charge on any atom is -0.292 e. The predicted octanol–water partition coefficient (Wildman–Crippen LogP) is 2.36. The maximum Gasteiger partial charge on any atom is 0.105 e. The van der Waals surface area contributed by atoms with Crippen molar-refractivity contribution in [3.63, 3.8) is 0 Å². The van der Waals surface area contributed by atoms with Gasteiger partial charge in [0.2, 0.25) is 0 Å². The van der Waals surface area contributed by atoms with Gasteiger partial charge in [0.15, 0.2) is 0 Å². The molecule has 0 radical (unpaired) electrons. The molecule has 12 heavy (non-hydrogen) atoms. The van der Waals surface area contributed by atoms with Gasteiger partial charge in [-0.1, -0.05) is 6.92 Å². The van der Waals surface area contributed by atoms with Crippen LogP contribution in [0.2, 0.25) is 0 Å². The number of halogens is 1. The fourth-order valence-corrected chi connectivity index (χ4v) is 3.11. The van der Waals surface area contributed by atoms with Crippen LogP contribution in [0.5, 0.6) is 0 Å². The average Bonchev–Trinajstić information content (AvgIpc) is 2.61. The van der Waals surface area contributed by atoms with Gasteiger partial charge < -0.3 is 0 Å². The zero-order chi connectivity index (χ0) is 8.60. The van der Waals surface area contributed by atoms with Gasteiger partial charge in [0, 0.05) is 11.6 Å². The van der Waals surface area contributed by atoms with E-state index in [-0.39, 0.29) is 12.7 Å². The van der Waals surface area contributed by atoms with E-state index in [1.165, 1.54) is 25.7 Å². The molecule has 2 heteroatoms. The molecule has 0 saturated carbocycles. The van der Waals surface area contributed by atoms with Crippen molar-refractivity contribution < 1.29 is 4.39 Å². The molecule has 0 N–H and O–H groups in total. The molecule has 2 atom stereocenters. The van der Waals surface area contributed by atoms with Crippen LogP contribution < -0.4 is 0 Å². The summed E-state index contributed by atoms with van der Waals surface area (Å²) in [7, 11) is 0. The molecule has 0 unspecified atom stereocenters. The summed E-state index contributed by atoms with van der Waals surface area (Å²) >= 11 is 0. The highest BCUT2D eigenvalue weighted by molar-refractivity contribution is 5.03. The lowest BCUT2D eigenvalue weighted by molar-refractivity contribution is 0.129. The Morgan fingerprint density at radius 2 is 2.33 bits per heavy atom. The second-order valence-electron chi connectivity index (χ2n) is 4.22. The smallest absolute Gasteiger partial charge is 0.105 e. The Kier molecular flexibility index (Phi) is 2.11. The molecule has 2 rings (SSSR count). The van der Waals surface area contributed by atoms with Gasteiger partial charge in [0.1, 0.15) is 6.67 Å². The first-order valence-corrected chi connectivity index (χ1v) is 5.15. The fourth-order valence-electron chi connectivity index (χ4n) is 3.11. The molecule has 2 fully saturated rings. The Morgan fingerprint density at radius 1 is 1.50 bits per heavy atom. The topological polar surface area (TPSA) is 3.24 Å². The summed E-state index contributed by atoms with van der Waals surface area (Å²) in [6.07, 6.45) is 6.12. The van der Waals surface area contributed by atoms with Crippen molar-refractivity contribution in [3.05, 3.63) is 0 Å². The highest BCUT2D eigenvalue weighted by Crippen LogP contribution is 2.44. The highest BCUT2D eigenvalue weighted by atomic mass is 19.1. The van der Waals surface area contributed by atoms with Crippen LogP contribution >= 0.6 is 0 Å². The highest BCUT2D eigenvalue weighted by Gasteiger charge is 2.47. The summed E-state index contributed by atoms with van der Waals surface area (Å²) in [6.45, 7) is 3.25. The molecule has 0 amide bonds. The van der Waals surface area contributed by atoms with Crippen molar-refractivity contribution in [3.8, 4) is 0 Å². The van der Waals surface area contributed by atoms with Gasteiger partial charge in [-0.25, -0.2) is 4.39 Å². The molecule has 70 valence electrons. The van der Waals surface area contributed by atoms with E-state index in [0.717, 1.165) is 13.0 Å². The van der Waals surface area contributed by atoms with Gasteiger partial charge >= 0.3 is 0 Å². The first-order valence-electron chi connectivity index (χ1n) is 5.15. The Bertz CT molecular complexity index is 171. The predicted molar refractivity (Wildman–Crippen MR) is 48.0 cm³/mol. The molecular formula is C10H18FN. The minimum atomic E-state index is -0.137. The van der Waals surface area contributed by atoms with Crippen molar-refractivity contribution in [1.29, 1.82) is 0 Å². The van der Waals surface area contributed by atoms with Gasteiger partial charge in [0.25, 0.3) is 0 Å². The van der Waals surface area contributed by atoms with E-state index in [0.29, 0.717) is 5.54 Å². The Labute approximate surface area is 73.9 Å². The van der Waals surface area contributed by atoms with Gasteiger partial charge in [-0.3, -0.25) is 4.90 Å². The van der Waals surface area contributed by atoms with Gasteiger partial charge in [-0.05, 0) is 38.6 Å². The molecule has 2 aliphatic heterocycles. The zero-order valence-electron chi connectivity index (χ0n) is 7.85. The third-order valence-corrected chi connectivity index (χ3v) is 3.87. The molecule has 2 saturated heterocycles. The van der Waals surface area contributed by atoms with Crippen LogP contribution in [0.15, 0.2) is 0 Å². The maximum atomic E-state index is 12.6. The number of nitrogens with zero attached hydrogens (tertiary/aromatic N) is 1. The second-order valence-corrected chi connectivity index (χ2v) is 4.22. The lowest BCUT2D eigenvalue weighted by atomic mass is 9.91. The molecule has 0 bridgehead atoms. The first-order chi connectivity index (χ1) is 5.82.